The molecule has 2 aliphatic rings. The summed E-state index contributed by atoms with van der Waals surface area (Å²) >= 11 is 0. The molecule has 0 bridgehead atoms. The Morgan fingerprint density at radius 2 is 2.38 bits per heavy atom. The van der Waals surface area contributed by atoms with E-state index in [9.17, 15) is 4.79 Å². The summed E-state index contributed by atoms with van der Waals surface area (Å²) in [5, 5.41) is 0. The Bertz CT molecular complexity index is 235. The highest BCUT2D eigenvalue weighted by Gasteiger charge is 2.70. The van der Waals surface area contributed by atoms with E-state index in [1.807, 2.05) is 0 Å². The van der Waals surface area contributed by atoms with Gasteiger partial charge in [-0.05, 0) is 19.3 Å². The molecule has 2 N–H and O–H groups in total. The molecule has 13 heavy (non-hydrogen) atoms. The summed E-state index contributed by atoms with van der Waals surface area (Å²) < 4.78 is 10.0. The van der Waals surface area contributed by atoms with Crippen molar-refractivity contribution in [1.82, 2.24) is 0 Å². The molecule has 2 fully saturated rings. The van der Waals surface area contributed by atoms with Crippen LogP contribution in [0.3, 0.4) is 0 Å². The lowest BCUT2D eigenvalue weighted by Crippen LogP contribution is -2.43. The van der Waals surface area contributed by atoms with Gasteiger partial charge in [-0.3, -0.25) is 4.79 Å². The van der Waals surface area contributed by atoms with Crippen molar-refractivity contribution in [2.75, 3.05) is 20.3 Å². The third kappa shape index (κ3) is 1.09. The molecule has 4 nitrogen and oxygen atoms in total. The Morgan fingerprint density at radius 3 is 2.92 bits per heavy atom. The monoisotopic (exact) mass is 185 g/mol. The van der Waals surface area contributed by atoms with Crippen molar-refractivity contribution < 1.29 is 14.3 Å². The number of rotatable bonds is 1. The minimum Gasteiger partial charge on any atom is -0.468 e. The molecule has 1 spiro atoms. The zero-order valence-corrected chi connectivity index (χ0v) is 7.84. The van der Waals surface area contributed by atoms with Crippen LogP contribution >= 0.6 is 0 Å². The lowest BCUT2D eigenvalue weighted by Gasteiger charge is -2.25. The van der Waals surface area contributed by atoms with Gasteiger partial charge in [0.2, 0.25) is 0 Å². The molecule has 2 rings (SSSR count). The quantitative estimate of drug-likeness (QED) is 0.587. The SMILES string of the molecule is COC(=O)[C@@]1(N)C[C@]12CCCOC2. The molecule has 2 atom stereocenters. The number of carbonyl (C=O) groups excluding carboxylic acids is 1. The predicted octanol–water partition coefficient (Wildman–Crippen LogP) is 0.0574. The topological polar surface area (TPSA) is 61.5 Å². The molecule has 1 aliphatic heterocycles. The van der Waals surface area contributed by atoms with Gasteiger partial charge in [-0.1, -0.05) is 0 Å². The summed E-state index contributed by atoms with van der Waals surface area (Å²) in [6, 6.07) is 0. The Kier molecular flexibility index (Phi) is 1.85. The van der Waals surface area contributed by atoms with Crippen LogP contribution in [0.5, 0.6) is 0 Å². The number of hydrogen-bond acceptors (Lipinski definition) is 4. The van der Waals surface area contributed by atoms with E-state index >= 15 is 0 Å². The largest absolute Gasteiger partial charge is 0.468 e. The van der Waals surface area contributed by atoms with Crippen LogP contribution in [-0.2, 0) is 14.3 Å². The number of carbonyl (C=O) groups is 1. The van der Waals surface area contributed by atoms with E-state index < -0.39 is 5.54 Å². The molecule has 74 valence electrons. The van der Waals surface area contributed by atoms with E-state index in [4.69, 9.17) is 10.5 Å². The first-order valence-electron chi connectivity index (χ1n) is 4.60. The van der Waals surface area contributed by atoms with Gasteiger partial charge >= 0.3 is 5.97 Å². The normalized spacial score (nSPS) is 43.2. The third-order valence-electron chi connectivity index (χ3n) is 3.31. The van der Waals surface area contributed by atoms with Crippen molar-refractivity contribution >= 4 is 5.97 Å². The lowest BCUT2D eigenvalue weighted by molar-refractivity contribution is -0.145. The maximum absolute atomic E-state index is 11.4. The summed E-state index contributed by atoms with van der Waals surface area (Å²) in [6.45, 7) is 1.40. The average molecular weight is 185 g/mol. The molecule has 1 saturated carbocycles. The second kappa shape index (κ2) is 2.69. The van der Waals surface area contributed by atoms with Crippen LogP contribution in [-0.4, -0.2) is 31.8 Å². The fourth-order valence-electron chi connectivity index (χ4n) is 2.30. The molecule has 0 aromatic carbocycles. The second-order valence-electron chi connectivity index (χ2n) is 4.08. The van der Waals surface area contributed by atoms with Crippen LogP contribution in [0.25, 0.3) is 0 Å². The Morgan fingerprint density at radius 1 is 1.62 bits per heavy atom. The number of methoxy groups -OCH3 is 1. The number of hydrogen-bond donors (Lipinski definition) is 1. The van der Waals surface area contributed by atoms with Crippen molar-refractivity contribution in [2.45, 2.75) is 24.8 Å². The van der Waals surface area contributed by atoms with Crippen LogP contribution in [0.2, 0.25) is 0 Å². The van der Waals surface area contributed by atoms with Gasteiger partial charge in [0, 0.05) is 12.0 Å². The van der Waals surface area contributed by atoms with Crippen molar-refractivity contribution in [3.05, 3.63) is 0 Å². The summed E-state index contributed by atoms with van der Waals surface area (Å²) in [6.07, 6.45) is 2.70. The van der Waals surface area contributed by atoms with Crippen molar-refractivity contribution in [1.29, 1.82) is 0 Å². The number of ether oxygens (including phenoxy) is 2. The van der Waals surface area contributed by atoms with Crippen LogP contribution in [0.15, 0.2) is 0 Å². The fourth-order valence-corrected chi connectivity index (χ4v) is 2.30. The van der Waals surface area contributed by atoms with Crippen LogP contribution in [0.1, 0.15) is 19.3 Å². The predicted molar refractivity (Wildman–Crippen MR) is 46.0 cm³/mol. The molecule has 0 aromatic heterocycles. The second-order valence-corrected chi connectivity index (χ2v) is 4.08. The molecule has 0 aromatic rings. The summed E-state index contributed by atoms with van der Waals surface area (Å²) in [5.41, 5.74) is 5.08. The minimum atomic E-state index is -0.762. The van der Waals surface area contributed by atoms with Crippen LogP contribution < -0.4 is 5.73 Å². The molecule has 0 unspecified atom stereocenters. The van der Waals surface area contributed by atoms with Gasteiger partial charge in [0.1, 0.15) is 5.54 Å². The zero-order chi connectivity index (χ0) is 9.53. The van der Waals surface area contributed by atoms with Crippen LogP contribution in [0, 0.1) is 5.41 Å². The van der Waals surface area contributed by atoms with Crippen molar-refractivity contribution in [2.24, 2.45) is 11.1 Å². The maximum Gasteiger partial charge on any atom is 0.326 e. The van der Waals surface area contributed by atoms with E-state index in [0.29, 0.717) is 13.0 Å². The van der Waals surface area contributed by atoms with E-state index in [1.165, 1.54) is 7.11 Å². The van der Waals surface area contributed by atoms with E-state index in [0.717, 1.165) is 19.4 Å². The van der Waals surface area contributed by atoms with Gasteiger partial charge in [-0.15, -0.1) is 0 Å². The van der Waals surface area contributed by atoms with E-state index in [2.05, 4.69) is 4.74 Å². The molecule has 1 heterocycles. The fraction of sp³-hybridized carbons (Fsp3) is 0.889. The van der Waals surface area contributed by atoms with Crippen molar-refractivity contribution in [3.63, 3.8) is 0 Å². The number of nitrogens with two attached hydrogens (primary N) is 1. The molecule has 0 radical (unpaired) electrons. The molecule has 0 amide bonds. The van der Waals surface area contributed by atoms with Gasteiger partial charge in [0.15, 0.2) is 0 Å². The average Bonchev–Trinajstić information content (AvgIpc) is 2.72. The van der Waals surface area contributed by atoms with Gasteiger partial charge in [0.25, 0.3) is 0 Å². The Labute approximate surface area is 77.4 Å². The summed E-state index contributed by atoms with van der Waals surface area (Å²) in [5.74, 6) is -0.294. The summed E-state index contributed by atoms with van der Waals surface area (Å²) in [4.78, 5) is 11.4. The smallest absolute Gasteiger partial charge is 0.326 e. The van der Waals surface area contributed by atoms with Crippen molar-refractivity contribution in [3.8, 4) is 0 Å². The van der Waals surface area contributed by atoms with Gasteiger partial charge in [-0.25, -0.2) is 0 Å². The molecular formula is C9H15NO3. The van der Waals surface area contributed by atoms with Gasteiger partial charge in [0.05, 0.1) is 13.7 Å². The number of esters is 1. The first kappa shape index (κ1) is 8.97. The molecule has 1 aliphatic carbocycles. The van der Waals surface area contributed by atoms with E-state index in [1.54, 1.807) is 0 Å². The zero-order valence-electron chi connectivity index (χ0n) is 7.84. The van der Waals surface area contributed by atoms with Gasteiger partial charge in [-0.2, -0.15) is 0 Å². The lowest BCUT2D eigenvalue weighted by atomic mass is 9.93. The third-order valence-corrected chi connectivity index (χ3v) is 3.31. The minimum absolute atomic E-state index is 0.113. The first-order chi connectivity index (χ1) is 6.15. The highest BCUT2D eigenvalue weighted by atomic mass is 16.5. The van der Waals surface area contributed by atoms with Gasteiger partial charge < -0.3 is 15.2 Å². The van der Waals surface area contributed by atoms with Crippen LogP contribution in [0.4, 0.5) is 0 Å². The van der Waals surface area contributed by atoms with E-state index in [-0.39, 0.29) is 11.4 Å². The molecular weight excluding hydrogens is 170 g/mol. The Hall–Kier alpha value is -0.610. The maximum atomic E-state index is 11.4. The first-order valence-corrected chi connectivity index (χ1v) is 4.60. The summed E-state index contributed by atoms with van der Waals surface area (Å²) in [7, 11) is 1.38. The molecule has 4 heteroatoms. The Balaban J connectivity index is 2.09. The standard InChI is InChI=1S/C9H15NO3/c1-12-7(11)9(10)5-8(9)3-2-4-13-6-8/h2-6,10H2,1H3/t8-,9-/m0/s1. The highest BCUT2D eigenvalue weighted by Crippen LogP contribution is 2.59. The molecule has 1 saturated heterocycles. The highest BCUT2D eigenvalue weighted by molar-refractivity contribution is 5.86.